The average Bonchev–Trinajstić information content (AvgIpc) is 3.60. The number of imide groups is 1. The van der Waals surface area contributed by atoms with Crippen molar-refractivity contribution in [2.75, 3.05) is 27.1 Å². The van der Waals surface area contributed by atoms with Crippen LogP contribution < -0.4 is 24.3 Å². The summed E-state index contributed by atoms with van der Waals surface area (Å²) < 4.78 is 89.8. The normalized spacial score (nSPS) is 18.8. The summed E-state index contributed by atoms with van der Waals surface area (Å²) in [5.41, 5.74) is -5.15. The second-order valence-corrected chi connectivity index (χ2v) is 11.4. The number of nitrogens with zero attached hydrogens (tertiary/aromatic N) is 1. The number of hydrogen-bond acceptors (Lipinski definition) is 7. The number of alkyl halides is 5. The summed E-state index contributed by atoms with van der Waals surface area (Å²) >= 11 is 0. The summed E-state index contributed by atoms with van der Waals surface area (Å²) in [5, 5.41) is 12.8. The van der Waals surface area contributed by atoms with Gasteiger partial charge in [-0.25, -0.2) is 13.6 Å². The first-order chi connectivity index (χ1) is 22.3. The zero-order valence-electron chi connectivity index (χ0n) is 25.5. The maximum Gasteiger partial charge on any atom is 0.427 e. The molecule has 5 rings (SSSR count). The third-order valence-electron chi connectivity index (χ3n) is 8.35. The molecule has 0 aliphatic carbocycles. The molecule has 0 spiro atoms. The van der Waals surface area contributed by atoms with Crippen molar-refractivity contribution < 1.29 is 55.6 Å². The minimum atomic E-state index is -5.63. The summed E-state index contributed by atoms with van der Waals surface area (Å²) in [5.74, 6) is 1.32. The van der Waals surface area contributed by atoms with E-state index in [4.69, 9.17) is 18.9 Å². The molecule has 9 nitrogen and oxygen atoms in total. The van der Waals surface area contributed by atoms with Gasteiger partial charge in [0, 0.05) is 6.54 Å². The van der Waals surface area contributed by atoms with E-state index in [-0.39, 0.29) is 37.7 Å². The lowest BCUT2D eigenvalue weighted by molar-refractivity contribution is -0.305. The molecule has 2 atom stereocenters. The topological polar surface area (TPSA) is 107 Å². The third-order valence-corrected chi connectivity index (χ3v) is 8.35. The van der Waals surface area contributed by atoms with Gasteiger partial charge in [-0.15, -0.1) is 0 Å². The Hall–Kier alpha value is -4.59. The van der Waals surface area contributed by atoms with Crippen LogP contribution in [0, 0.1) is 0 Å². The Bertz CT molecular complexity index is 1620. The van der Waals surface area contributed by atoms with E-state index in [0.29, 0.717) is 42.1 Å². The molecule has 3 aromatic rings. The number of aryl methyl sites for hydroxylation is 2. The predicted molar refractivity (Wildman–Crippen MR) is 158 cm³/mol. The second kappa shape index (κ2) is 13.3. The van der Waals surface area contributed by atoms with Crippen LogP contribution in [0.2, 0.25) is 0 Å². The van der Waals surface area contributed by atoms with Crippen molar-refractivity contribution in [1.29, 1.82) is 0 Å². The van der Waals surface area contributed by atoms with Crippen LogP contribution in [0.25, 0.3) is 0 Å². The third kappa shape index (κ3) is 6.64. The highest BCUT2D eigenvalue weighted by atomic mass is 19.4. The Morgan fingerprint density at radius 2 is 1.70 bits per heavy atom. The van der Waals surface area contributed by atoms with Crippen molar-refractivity contribution in [2.45, 2.75) is 56.3 Å². The van der Waals surface area contributed by atoms with Crippen LogP contribution in [0.4, 0.5) is 26.7 Å². The predicted octanol–water partition coefficient (Wildman–Crippen LogP) is 5.85. The molecule has 2 heterocycles. The zero-order valence-corrected chi connectivity index (χ0v) is 25.5. The van der Waals surface area contributed by atoms with E-state index >= 15 is 0 Å². The summed E-state index contributed by atoms with van der Waals surface area (Å²) in [4.78, 5) is 27.1. The maximum atomic E-state index is 13.6. The second-order valence-electron chi connectivity index (χ2n) is 11.4. The Balaban J connectivity index is 1.24. The summed E-state index contributed by atoms with van der Waals surface area (Å²) in [6.45, 7) is 1.78. The van der Waals surface area contributed by atoms with Crippen molar-refractivity contribution in [2.24, 2.45) is 0 Å². The highest BCUT2D eigenvalue weighted by Gasteiger charge is 2.61. The molecular formula is C33H33F5N2O7. The molecule has 0 bridgehead atoms. The van der Waals surface area contributed by atoms with E-state index in [1.807, 2.05) is 0 Å². The number of carbonyl (C=O) groups excluding carboxylic acids is 2. The SMILES string of the molecule is COc1ccc(CCc2cc(C(O)(C(F)F)C(F)(F)F)ccc2OCCCCN2C(=O)NC(C)(c3ccc4c(c3)OCO4)C2=O)cc1. The van der Waals surface area contributed by atoms with Gasteiger partial charge in [-0.3, -0.25) is 9.69 Å². The molecule has 2 aliphatic rings. The largest absolute Gasteiger partial charge is 0.497 e. The Kier molecular flexibility index (Phi) is 9.53. The van der Waals surface area contributed by atoms with Crippen LogP contribution in [0.15, 0.2) is 60.7 Å². The quantitative estimate of drug-likeness (QED) is 0.134. The molecule has 47 heavy (non-hydrogen) atoms. The maximum absolute atomic E-state index is 13.6. The van der Waals surface area contributed by atoms with E-state index in [9.17, 15) is 36.6 Å². The van der Waals surface area contributed by atoms with Crippen molar-refractivity contribution in [1.82, 2.24) is 10.2 Å². The first-order valence-electron chi connectivity index (χ1n) is 14.8. The fourth-order valence-electron chi connectivity index (χ4n) is 5.49. The number of hydrogen-bond donors (Lipinski definition) is 2. The van der Waals surface area contributed by atoms with Gasteiger partial charge in [0.15, 0.2) is 11.5 Å². The number of unbranched alkanes of at least 4 members (excludes halogenated alkanes) is 1. The molecule has 1 saturated heterocycles. The molecule has 14 heteroatoms. The standard InChI is InChI=1S/C33H33F5N2O7/c1-31(22-9-14-26-27(18-22)47-19-46-26)29(41)40(30(42)39-31)15-3-4-16-45-25-13-10-23(32(43,28(34)35)33(36,37)38)17-21(25)8-5-20-6-11-24(44-2)12-7-20/h6-7,9-14,17-18,28,43H,3-5,8,15-16,19H2,1-2H3,(H,39,42). The number of fused-ring (bicyclic) bond motifs is 1. The van der Waals surface area contributed by atoms with Gasteiger partial charge >= 0.3 is 12.2 Å². The number of rotatable bonds is 13. The molecule has 2 unspecified atom stereocenters. The van der Waals surface area contributed by atoms with Crippen LogP contribution in [-0.4, -0.2) is 61.6 Å². The van der Waals surface area contributed by atoms with E-state index in [1.165, 1.54) is 7.11 Å². The molecule has 0 radical (unpaired) electrons. The summed E-state index contributed by atoms with van der Waals surface area (Å²) in [7, 11) is 1.50. The van der Waals surface area contributed by atoms with Gasteiger partial charge in [-0.2, -0.15) is 13.2 Å². The summed E-state index contributed by atoms with van der Waals surface area (Å²) in [6, 6.07) is 14.2. The molecule has 0 saturated carbocycles. The number of ether oxygens (including phenoxy) is 4. The van der Waals surface area contributed by atoms with E-state index in [0.717, 1.165) is 28.7 Å². The lowest BCUT2D eigenvalue weighted by atomic mass is 9.90. The number of benzene rings is 3. The Morgan fingerprint density at radius 1 is 0.979 bits per heavy atom. The van der Waals surface area contributed by atoms with Crippen LogP contribution in [0.5, 0.6) is 23.0 Å². The van der Waals surface area contributed by atoms with E-state index in [1.54, 1.807) is 49.4 Å². The van der Waals surface area contributed by atoms with E-state index in [2.05, 4.69) is 5.32 Å². The zero-order chi connectivity index (χ0) is 34.0. The van der Waals surface area contributed by atoms with Gasteiger partial charge in [-0.1, -0.05) is 24.3 Å². The number of amides is 3. The van der Waals surface area contributed by atoms with Gasteiger partial charge in [0.1, 0.15) is 17.0 Å². The van der Waals surface area contributed by atoms with Crippen molar-refractivity contribution >= 4 is 11.9 Å². The first-order valence-corrected chi connectivity index (χ1v) is 14.8. The smallest absolute Gasteiger partial charge is 0.427 e. The lowest BCUT2D eigenvalue weighted by Crippen LogP contribution is -2.48. The number of carbonyl (C=O) groups is 2. The van der Waals surface area contributed by atoms with Crippen LogP contribution in [0.1, 0.15) is 42.0 Å². The molecule has 1 fully saturated rings. The molecule has 3 aromatic carbocycles. The lowest BCUT2D eigenvalue weighted by Gasteiger charge is -2.30. The highest BCUT2D eigenvalue weighted by molar-refractivity contribution is 6.07. The molecular weight excluding hydrogens is 631 g/mol. The number of methoxy groups -OCH3 is 1. The average molecular weight is 665 g/mol. The van der Waals surface area contributed by atoms with Crippen molar-refractivity contribution in [3.05, 3.63) is 82.9 Å². The number of aliphatic hydroxyl groups is 1. The Labute approximate surface area is 267 Å². The molecule has 3 amide bonds. The first kappa shape index (κ1) is 33.8. The van der Waals surface area contributed by atoms with Crippen molar-refractivity contribution in [3.63, 3.8) is 0 Å². The van der Waals surface area contributed by atoms with Crippen LogP contribution in [0.3, 0.4) is 0 Å². The fourth-order valence-corrected chi connectivity index (χ4v) is 5.49. The fraction of sp³-hybridized carbons (Fsp3) is 0.394. The number of urea groups is 1. The molecule has 252 valence electrons. The minimum absolute atomic E-state index is 0.0519. The van der Waals surface area contributed by atoms with Crippen molar-refractivity contribution in [3.8, 4) is 23.0 Å². The number of halogens is 5. The minimum Gasteiger partial charge on any atom is -0.497 e. The number of nitrogens with one attached hydrogen (secondary N) is 1. The highest BCUT2D eigenvalue weighted by Crippen LogP contribution is 2.44. The van der Waals surface area contributed by atoms with Gasteiger partial charge in [0.2, 0.25) is 12.4 Å². The molecule has 2 aliphatic heterocycles. The van der Waals surface area contributed by atoms with E-state index < -0.39 is 41.2 Å². The summed E-state index contributed by atoms with van der Waals surface area (Å²) in [6.07, 6.45) is -8.61. The van der Waals surface area contributed by atoms with Crippen LogP contribution in [-0.2, 0) is 28.8 Å². The Morgan fingerprint density at radius 3 is 2.38 bits per heavy atom. The van der Waals surface area contributed by atoms with Gasteiger partial charge < -0.3 is 29.4 Å². The van der Waals surface area contributed by atoms with Crippen LogP contribution >= 0.6 is 0 Å². The van der Waals surface area contributed by atoms with Gasteiger partial charge in [0.05, 0.1) is 13.7 Å². The molecule has 2 N–H and O–H groups in total. The van der Waals surface area contributed by atoms with Gasteiger partial charge in [0.25, 0.3) is 12.3 Å². The monoisotopic (exact) mass is 664 g/mol. The van der Waals surface area contributed by atoms with Gasteiger partial charge in [-0.05, 0) is 91.3 Å². The molecule has 0 aromatic heterocycles.